The van der Waals surface area contributed by atoms with Crippen molar-refractivity contribution in [3.8, 4) is 17.9 Å². The van der Waals surface area contributed by atoms with Crippen molar-refractivity contribution in [1.29, 1.82) is 5.26 Å². The van der Waals surface area contributed by atoms with E-state index in [1.807, 2.05) is 32.9 Å². The molecule has 0 unspecified atom stereocenters. The molecule has 110 valence electrons. The van der Waals surface area contributed by atoms with Crippen LogP contribution in [0.25, 0.3) is 0 Å². The standard InChI is InChI=1S/C17H21N3O/c1-13(2)20(12-6-11-19)17(21)16-9-4-7-15(14(16)3)8-5-10-18/h4,7,9,13H,6,10,12,18H2,1-3H3. The molecule has 0 aliphatic heterocycles. The Morgan fingerprint density at radius 2 is 2.14 bits per heavy atom. The van der Waals surface area contributed by atoms with E-state index >= 15 is 0 Å². The lowest BCUT2D eigenvalue weighted by Crippen LogP contribution is -2.38. The Bertz CT molecular complexity index is 603. The van der Waals surface area contributed by atoms with Crippen LogP contribution in [-0.2, 0) is 0 Å². The van der Waals surface area contributed by atoms with E-state index in [1.54, 1.807) is 11.0 Å². The summed E-state index contributed by atoms with van der Waals surface area (Å²) in [5.41, 5.74) is 7.69. The third-order valence-corrected chi connectivity index (χ3v) is 3.24. The minimum atomic E-state index is -0.0610. The van der Waals surface area contributed by atoms with E-state index in [-0.39, 0.29) is 18.5 Å². The van der Waals surface area contributed by atoms with Crippen molar-refractivity contribution in [2.24, 2.45) is 5.73 Å². The number of nitrogens with zero attached hydrogens (tertiary/aromatic N) is 2. The van der Waals surface area contributed by atoms with Crippen LogP contribution in [0, 0.1) is 30.1 Å². The average Bonchev–Trinajstić information content (AvgIpc) is 2.46. The minimum absolute atomic E-state index is 0.0454. The molecule has 0 bridgehead atoms. The zero-order chi connectivity index (χ0) is 15.8. The second-order valence-corrected chi connectivity index (χ2v) is 4.98. The summed E-state index contributed by atoms with van der Waals surface area (Å²) >= 11 is 0. The Balaban J connectivity index is 3.14. The van der Waals surface area contributed by atoms with Gasteiger partial charge in [-0.25, -0.2) is 0 Å². The van der Waals surface area contributed by atoms with Gasteiger partial charge in [0.05, 0.1) is 19.0 Å². The molecule has 0 aliphatic rings. The molecular weight excluding hydrogens is 262 g/mol. The molecule has 0 radical (unpaired) electrons. The van der Waals surface area contributed by atoms with Crippen LogP contribution in [0.4, 0.5) is 0 Å². The minimum Gasteiger partial charge on any atom is -0.335 e. The fourth-order valence-corrected chi connectivity index (χ4v) is 2.07. The molecule has 4 nitrogen and oxygen atoms in total. The highest BCUT2D eigenvalue weighted by Gasteiger charge is 2.20. The van der Waals surface area contributed by atoms with Crippen LogP contribution in [0.1, 0.15) is 41.8 Å². The first kappa shape index (κ1) is 16.8. The lowest BCUT2D eigenvalue weighted by Gasteiger charge is -2.26. The first-order chi connectivity index (χ1) is 10.0. The smallest absolute Gasteiger partial charge is 0.254 e. The SMILES string of the molecule is Cc1c(C#CCN)cccc1C(=O)N(CCC#N)C(C)C. The van der Waals surface area contributed by atoms with Crippen molar-refractivity contribution in [3.63, 3.8) is 0 Å². The van der Waals surface area contributed by atoms with Crippen LogP contribution < -0.4 is 5.73 Å². The van der Waals surface area contributed by atoms with Crippen molar-refractivity contribution in [2.75, 3.05) is 13.1 Å². The first-order valence-electron chi connectivity index (χ1n) is 6.99. The average molecular weight is 283 g/mol. The number of hydrogen-bond donors (Lipinski definition) is 1. The summed E-state index contributed by atoms with van der Waals surface area (Å²) < 4.78 is 0. The second-order valence-electron chi connectivity index (χ2n) is 4.98. The summed E-state index contributed by atoms with van der Waals surface area (Å²) in [6, 6.07) is 7.63. The van der Waals surface area contributed by atoms with E-state index in [9.17, 15) is 4.79 Å². The van der Waals surface area contributed by atoms with Crippen molar-refractivity contribution >= 4 is 5.91 Å². The van der Waals surface area contributed by atoms with Gasteiger partial charge in [0.25, 0.3) is 5.91 Å². The third kappa shape index (κ3) is 4.34. The molecule has 0 atom stereocenters. The van der Waals surface area contributed by atoms with Gasteiger partial charge in [-0.05, 0) is 38.5 Å². The van der Waals surface area contributed by atoms with Crippen LogP contribution >= 0.6 is 0 Å². The van der Waals surface area contributed by atoms with Gasteiger partial charge in [-0.1, -0.05) is 17.9 Å². The molecule has 0 aromatic heterocycles. The highest BCUT2D eigenvalue weighted by Crippen LogP contribution is 2.17. The van der Waals surface area contributed by atoms with Crippen LogP contribution in [-0.4, -0.2) is 29.9 Å². The zero-order valence-corrected chi connectivity index (χ0v) is 12.8. The summed E-state index contributed by atoms with van der Waals surface area (Å²) in [6.07, 6.45) is 0.329. The number of rotatable bonds is 4. The molecular formula is C17H21N3O. The molecule has 0 saturated carbocycles. The Hall–Kier alpha value is -2.30. The normalized spacial score (nSPS) is 9.71. The van der Waals surface area contributed by atoms with Crippen molar-refractivity contribution in [2.45, 2.75) is 33.2 Å². The largest absolute Gasteiger partial charge is 0.335 e. The number of benzene rings is 1. The molecule has 0 saturated heterocycles. The molecule has 1 amide bonds. The van der Waals surface area contributed by atoms with E-state index in [0.717, 1.165) is 11.1 Å². The summed E-state index contributed by atoms with van der Waals surface area (Å²) in [7, 11) is 0. The van der Waals surface area contributed by atoms with Crippen molar-refractivity contribution < 1.29 is 4.79 Å². The maximum atomic E-state index is 12.7. The van der Waals surface area contributed by atoms with Gasteiger partial charge < -0.3 is 10.6 Å². The summed E-state index contributed by atoms with van der Waals surface area (Å²) in [4.78, 5) is 14.4. The molecule has 1 aromatic carbocycles. The highest BCUT2D eigenvalue weighted by molar-refractivity contribution is 5.96. The predicted octanol–water partition coefficient (Wildman–Crippen LogP) is 2.07. The van der Waals surface area contributed by atoms with Gasteiger partial charge >= 0.3 is 0 Å². The number of hydrogen-bond acceptors (Lipinski definition) is 3. The maximum Gasteiger partial charge on any atom is 0.254 e. The number of carbonyl (C=O) groups excluding carboxylic acids is 1. The molecule has 0 spiro atoms. The molecule has 0 heterocycles. The first-order valence-corrected chi connectivity index (χ1v) is 6.99. The van der Waals surface area contributed by atoms with E-state index in [0.29, 0.717) is 18.5 Å². The van der Waals surface area contributed by atoms with Crippen LogP contribution in [0.2, 0.25) is 0 Å². The zero-order valence-electron chi connectivity index (χ0n) is 12.8. The maximum absolute atomic E-state index is 12.7. The Morgan fingerprint density at radius 1 is 1.43 bits per heavy atom. The number of amides is 1. The number of carbonyl (C=O) groups is 1. The van der Waals surface area contributed by atoms with Crippen LogP contribution in [0.15, 0.2) is 18.2 Å². The Morgan fingerprint density at radius 3 is 2.71 bits per heavy atom. The summed E-state index contributed by atoms with van der Waals surface area (Å²) in [5, 5.41) is 8.73. The van der Waals surface area contributed by atoms with Gasteiger partial charge in [0, 0.05) is 23.7 Å². The molecule has 0 aliphatic carbocycles. The lowest BCUT2D eigenvalue weighted by atomic mass is 10.0. The molecule has 1 aromatic rings. The number of nitriles is 1. The van der Waals surface area contributed by atoms with Gasteiger partial charge in [0.2, 0.25) is 0 Å². The molecule has 21 heavy (non-hydrogen) atoms. The van der Waals surface area contributed by atoms with E-state index in [4.69, 9.17) is 11.0 Å². The lowest BCUT2D eigenvalue weighted by molar-refractivity contribution is 0.0709. The third-order valence-electron chi connectivity index (χ3n) is 3.24. The van der Waals surface area contributed by atoms with Gasteiger partial charge in [-0.15, -0.1) is 0 Å². The molecule has 4 heteroatoms. The Kier molecular flexibility index (Phi) is 6.46. The second kappa shape index (κ2) is 8.09. The predicted molar refractivity (Wildman–Crippen MR) is 83.5 cm³/mol. The van der Waals surface area contributed by atoms with Gasteiger partial charge in [0.1, 0.15) is 0 Å². The van der Waals surface area contributed by atoms with E-state index in [1.165, 1.54) is 0 Å². The molecule has 2 N–H and O–H groups in total. The van der Waals surface area contributed by atoms with E-state index in [2.05, 4.69) is 17.9 Å². The van der Waals surface area contributed by atoms with Crippen LogP contribution in [0.5, 0.6) is 0 Å². The summed E-state index contributed by atoms with van der Waals surface area (Å²) in [6.45, 7) is 6.50. The Labute approximate surface area is 126 Å². The monoisotopic (exact) mass is 283 g/mol. The van der Waals surface area contributed by atoms with Gasteiger partial charge in [-0.3, -0.25) is 4.79 Å². The number of nitrogens with two attached hydrogens (primary N) is 1. The summed E-state index contributed by atoms with van der Waals surface area (Å²) in [5.74, 6) is 5.73. The van der Waals surface area contributed by atoms with Crippen LogP contribution in [0.3, 0.4) is 0 Å². The van der Waals surface area contributed by atoms with Gasteiger partial charge in [-0.2, -0.15) is 5.26 Å². The van der Waals surface area contributed by atoms with Crippen molar-refractivity contribution in [3.05, 3.63) is 34.9 Å². The highest BCUT2D eigenvalue weighted by atomic mass is 16.2. The van der Waals surface area contributed by atoms with Crippen molar-refractivity contribution in [1.82, 2.24) is 4.90 Å². The quantitative estimate of drug-likeness (QED) is 0.860. The van der Waals surface area contributed by atoms with Gasteiger partial charge in [0.15, 0.2) is 0 Å². The molecule has 0 fully saturated rings. The fourth-order valence-electron chi connectivity index (χ4n) is 2.07. The molecule has 1 rings (SSSR count). The fraction of sp³-hybridized carbons (Fsp3) is 0.412. The van der Waals surface area contributed by atoms with E-state index < -0.39 is 0 Å². The topological polar surface area (TPSA) is 70.1 Å².